The molecule has 0 unspecified atom stereocenters. The standard InChI is InChI=1S/C28H27N3O3/c1-19-11-13-20(14-12-19)24-22-9-7-15-29-25(22)27(32)31-17-6-5-16-30(28(33)26(24)31)18-21-8-3-4-10-23(21)34-2/h3-4,7-15H,5-6,16-18H2,1-2H3. The first-order valence-corrected chi connectivity index (χ1v) is 11.6. The number of fused-ring (bicyclic) bond motifs is 2. The zero-order valence-corrected chi connectivity index (χ0v) is 19.5. The molecule has 5 rings (SSSR count). The third-order valence-electron chi connectivity index (χ3n) is 6.48. The zero-order chi connectivity index (χ0) is 23.7. The second-order valence-corrected chi connectivity index (χ2v) is 8.69. The highest BCUT2D eigenvalue weighted by Crippen LogP contribution is 2.33. The SMILES string of the molecule is COc1ccccc1CN1CCCCn2c(c(-c3ccc(C)cc3)c3cccnc3c2=O)C1=O. The maximum atomic E-state index is 14.2. The summed E-state index contributed by atoms with van der Waals surface area (Å²) in [6.07, 6.45) is 3.25. The Morgan fingerprint density at radius 3 is 2.50 bits per heavy atom. The number of ether oxygens (including phenoxy) is 1. The summed E-state index contributed by atoms with van der Waals surface area (Å²) in [5, 5.41) is 0.703. The number of hydrogen-bond acceptors (Lipinski definition) is 4. The van der Waals surface area contributed by atoms with Crippen LogP contribution in [0.2, 0.25) is 0 Å². The fourth-order valence-corrected chi connectivity index (χ4v) is 4.73. The molecule has 4 aromatic rings. The first-order chi connectivity index (χ1) is 16.6. The van der Waals surface area contributed by atoms with Gasteiger partial charge in [0.2, 0.25) is 0 Å². The zero-order valence-electron chi connectivity index (χ0n) is 19.5. The van der Waals surface area contributed by atoms with Gasteiger partial charge in [-0.25, -0.2) is 0 Å². The molecule has 1 aliphatic heterocycles. The van der Waals surface area contributed by atoms with Crippen molar-refractivity contribution in [3.05, 3.63) is 94.0 Å². The van der Waals surface area contributed by atoms with E-state index in [9.17, 15) is 9.59 Å². The van der Waals surface area contributed by atoms with Crippen LogP contribution in [0.4, 0.5) is 0 Å². The summed E-state index contributed by atoms with van der Waals surface area (Å²) in [5.41, 5.74) is 4.35. The van der Waals surface area contributed by atoms with E-state index in [-0.39, 0.29) is 11.5 Å². The molecule has 1 amide bonds. The molecule has 34 heavy (non-hydrogen) atoms. The summed E-state index contributed by atoms with van der Waals surface area (Å²) in [7, 11) is 1.64. The molecular formula is C28H27N3O3. The van der Waals surface area contributed by atoms with Crippen LogP contribution >= 0.6 is 0 Å². The molecule has 0 spiro atoms. The van der Waals surface area contributed by atoms with E-state index in [1.807, 2.05) is 72.5 Å². The van der Waals surface area contributed by atoms with E-state index in [0.29, 0.717) is 36.2 Å². The Balaban J connectivity index is 1.74. The fraction of sp³-hybridized carbons (Fsp3) is 0.250. The first kappa shape index (κ1) is 21.9. The fourth-order valence-electron chi connectivity index (χ4n) is 4.73. The number of amides is 1. The van der Waals surface area contributed by atoms with Crippen LogP contribution in [0.1, 0.15) is 34.5 Å². The van der Waals surface area contributed by atoms with Gasteiger partial charge in [-0.15, -0.1) is 0 Å². The van der Waals surface area contributed by atoms with Gasteiger partial charge >= 0.3 is 0 Å². The van der Waals surface area contributed by atoms with Gasteiger partial charge in [-0.05, 0) is 37.5 Å². The average molecular weight is 454 g/mol. The molecule has 0 radical (unpaired) electrons. The van der Waals surface area contributed by atoms with Gasteiger partial charge in [0, 0.05) is 42.3 Å². The van der Waals surface area contributed by atoms with Gasteiger partial charge < -0.3 is 14.2 Å². The monoisotopic (exact) mass is 453 g/mol. The highest BCUT2D eigenvalue weighted by Gasteiger charge is 2.29. The van der Waals surface area contributed by atoms with Gasteiger partial charge in [0.05, 0.1) is 7.11 Å². The van der Waals surface area contributed by atoms with Crippen LogP contribution in [-0.2, 0) is 13.1 Å². The van der Waals surface area contributed by atoms with Crippen molar-refractivity contribution in [3.8, 4) is 16.9 Å². The third kappa shape index (κ3) is 3.85. The second kappa shape index (κ2) is 9.14. The molecule has 0 aliphatic carbocycles. The van der Waals surface area contributed by atoms with E-state index in [0.717, 1.165) is 40.8 Å². The van der Waals surface area contributed by atoms with Crippen LogP contribution in [0.25, 0.3) is 22.0 Å². The minimum atomic E-state index is -0.214. The third-order valence-corrected chi connectivity index (χ3v) is 6.48. The minimum absolute atomic E-state index is 0.149. The predicted octanol–water partition coefficient (Wildman–Crippen LogP) is 4.82. The number of aromatic nitrogens is 2. The largest absolute Gasteiger partial charge is 0.496 e. The highest BCUT2D eigenvalue weighted by molar-refractivity contribution is 6.07. The molecule has 6 heteroatoms. The number of para-hydroxylation sites is 1. The van der Waals surface area contributed by atoms with Crippen molar-refractivity contribution in [3.63, 3.8) is 0 Å². The molecular weight excluding hydrogens is 426 g/mol. The summed E-state index contributed by atoms with van der Waals surface area (Å²) >= 11 is 0. The Morgan fingerprint density at radius 1 is 0.941 bits per heavy atom. The number of methoxy groups -OCH3 is 1. The summed E-state index contributed by atoms with van der Waals surface area (Å²) in [6.45, 7) is 3.55. The van der Waals surface area contributed by atoms with Crippen molar-refractivity contribution in [2.75, 3.05) is 13.7 Å². The minimum Gasteiger partial charge on any atom is -0.496 e. The van der Waals surface area contributed by atoms with Gasteiger partial charge in [-0.2, -0.15) is 0 Å². The van der Waals surface area contributed by atoms with Crippen molar-refractivity contribution in [2.45, 2.75) is 32.9 Å². The lowest BCUT2D eigenvalue weighted by atomic mass is 9.96. The Labute approximate surface area is 198 Å². The number of benzene rings is 2. The molecule has 6 nitrogen and oxygen atoms in total. The van der Waals surface area contributed by atoms with Gasteiger partial charge in [0.15, 0.2) is 0 Å². The number of carbonyl (C=O) groups excluding carboxylic acids is 1. The van der Waals surface area contributed by atoms with Crippen LogP contribution in [-0.4, -0.2) is 34.0 Å². The van der Waals surface area contributed by atoms with Crippen LogP contribution in [0.5, 0.6) is 5.75 Å². The predicted molar refractivity (Wildman–Crippen MR) is 133 cm³/mol. The average Bonchev–Trinajstić information content (AvgIpc) is 2.86. The van der Waals surface area contributed by atoms with Crippen molar-refractivity contribution < 1.29 is 9.53 Å². The van der Waals surface area contributed by atoms with E-state index >= 15 is 0 Å². The van der Waals surface area contributed by atoms with Crippen LogP contribution in [0, 0.1) is 6.92 Å². The van der Waals surface area contributed by atoms with E-state index in [1.54, 1.807) is 17.9 Å². The number of nitrogens with zero attached hydrogens (tertiary/aromatic N) is 3. The molecule has 2 aromatic carbocycles. The maximum Gasteiger partial charge on any atom is 0.277 e. The molecule has 0 N–H and O–H groups in total. The molecule has 0 bridgehead atoms. The number of hydrogen-bond donors (Lipinski definition) is 0. The summed E-state index contributed by atoms with van der Waals surface area (Å²) < 4.78 is 7.17. The van der Waals surface area contributed by atoms with Gasteiger partial charge in [0.25, 0.3) is 11.5 Å². The molecule has 0 fully saturated rings. The van der Waals surface area contributed by atoms with Crippen LogP contribution in [0.15, 0.2) is 71.7 Å². The number of carbonyl (C=O) groups is 1. The maximum absolute atomic E-state index is 14.2. The Bertz CT molecular complexity index is 1420. The number of pyridine rings is 2. The van der Waals surface area contributed by atoms with Gasteiger partial charge in [-0.3, -0.25) is 14.6 Å². The van der Waals surface area contributed by atoms with E-state index in [1.165, 1.54) is 0 Å². The summed E-state index contributed by atoms with van der Waals surface area (Å²) in [4.78, 5) is 33.9. The van der Waals surface area contributed by atoms with Gasteiger partial charge in [-0.1, -0.05) is 54.1 Å². The molecule has 0 saturated carbocycles. The highest BCUT2D eigenvalue weighted by atomic mass is 16.5. The smallest absolute Gasteiger partial charge is 0.277 e. The molecule has 3 heterocycles. The van der Waals surface area contributed by atoms with E-state index in [4.69, 9.17) is 4.74 Å². The van der Waals surface area contributed by atoms with E-state index in [2.05, 4.69) is 4.98 Å². The molecule has 0 atom stereocenters. The van der Waals surface area contributed by atoms with Gasteiger partial charge in [0.1, 0.15) is 17.0 Å². The Hall–Kier alpha value is -3.93. The molecule has 172 valence electrons. The summed E-state index contributed by atoms with van der Waals surface area (Å²) in [5.74, 6) is 0.597. The first-order valence-electron chi connectivity index (χ1n) is 11.6. The topological polar surface area (TPSA) is 64.4 Å². The van der Waals surface area contributed by atoms with E-state index < -0.39 is 0 Å². The van der Waals surface area contributed by atoms with Crippen molar-refractivity contribution in [1.82, 2.24) is 14.5 Å². The molecule has 1 aliphatic rings. The Morgan fingerprint density at radius 2 is 1.71 bits per heavy atom. The molecule has 2 aromatic heterocycles. The van der Waals surface area contributed by atoms with Crippen LogP contribution < -0.4 is 10.3 Å². The quantitative estimate of drug-likeness (QED) is 0.445. The lowest BCUT2D eigenvalue weighted by Gasteiger charge is -2.29. The normalized spacial score (nSPS) is 13.9. The number of rotatable bonds is 4. The lowest BCUT2D eigenvalue weighted by Crippen LogP contribution is -2.39. The number of aryl methyl sites for hydroxylation is 1. The molecule has 0 saturated heterocycles. The van der Waals surface area contributed by atoms with Crippen LogP contribution in [0.3, 0.4) is 0 Å². The Kier molecular flexibility index (Phi) is 5.88. The second-order valence-electron chi connectivity index (χ2n) is 8.69. The lowest BCUT2D eigenvalue weighted by molar-refractivity contribution is 0.0716. The summed E-state index contributed by atoms with van der Waals surface area (Å²) in [6, 6.07) is 19.5. The van der Waals surface area contributed by atoms with Crippen molar-refractivity contribution >= 4 is 16.8 Å². The van der Waals surface area contributed by atoms with Crippen molar-refractivity contribution in [2.24, 2.45) is 0 Å². The van der Waals surface area contributed by atoms with Crippen molar-refractivity contribution in [1.29, 1.82) is 0 Å².